The molecule has 0 amide bonds. The molecule has 0 saturated carbocycles. The van der Waals surface area contributed by atoms with Crippen LogP contribution in [-0.4, -0.2) is 52.2 Å². The lowest BCUT2D eigenvalue weighted by atomic mass is 10.1. The van der Waals surface area contributed by atoms with Gasteiger partial charge in [-0.05, 0) is 6.26 Å². The quantitative estimate of drug-likeness (QED) is 0.529. The van der Waals surface area contributed by atoms with Crippen LogP contribution in [0.3, 0.4) is 0 Å². The van der Waals surface area contributed by atoms with Crippen LogP contribution in [0.1, 0.15) is 5.69 Å². The molecule has 1 aliphatic heterocycles. The Kier molecular flexibility index (Phi) is 2.99. The fourth-order valence-corrected chi connectivity index (χ4v) is 3.44. The second kappa shape index (κ2) is 4.52. The number of H-pyrrole nitrogens is 1. The standard InChI is InChI=1S/C11H15N5PS/c1-17(2)6-16-5-4-7-8-9(15-14-7)12-11(18-3)13-10(8)16/h1,4-6H2,2-3H3,(H,12,13,14,15)/q+1. The van der Waals surface area contributed by atoms with Crippen molar-refractivity contribution in [2.24, 2.45) is 0 Å². The van der Waals surface area contributed by atoms with E-state index in [-0.39, 0.29) is 7.55 Å². The van der Waals surface area contributed by atoms with Gasteiger partial charge in [-0.3, -0.25) is 5.10 Å². The molecule has 0 fully saturated rings. The molecule has 0 aromatic carbocycles. The van der Waals surface area contributed by atoms with E-state index in [2.05, 4.69) is 38.0 Å². The normalized spacial score (nSPS) is 15.2. The minimum Gasteiger partial charge on any atom is -0.317 e. The highest BCUT2D eigenvalue weighted by Gasteiger charge is 2.26. The van der Waals surface area contributed by atoms with E-state index in [9.17, 15) is 0 Å². The van der Waals surface area contributed by atoms with Crippen molar-refractivity contribution in [3.05, 3.63) is 5.69 Å². The molecule has 2 aromatic rings. The van der Waals surface area contributed by atoms with Crippen LogP contribution >= 0.6 is 19.3 Å². The average molecular weight is 280 g/mol. The van der Waals surface area contributed by atoms with Crippen molar-refractivity contribution in [3.8, 4) is 0 Å². The third-order valence-electron chi connectivity index (χ3n) is 2.97. The average Bonchev–Trinajstić information content (AvgIpc) is 2.76. The van der Waals surface area contributed by atoms with Gasteiger partial charge in [0.2, 0.25) is 0 Å². The van der Waals surface area contributed by atoms with Crippen LogP contribution in [-0.2, 0) is 6.42 Å². The van der Waals surface area contributed by atoms with E-state index in [0.29, 0.717) is 0 Å². The molecule has 3 rings (SSSR count). The van der Waals surface area contributed by atoms with Crippen molar-refractivity contribution in [1.29, 1.82) is 0 Å². The molecule has 2 aromatic heterocycles. The minimum atomic E-state index is -0.217. The zero-order valence-corrected chi connectivity index (χ0v) is 12.2. The number of aromatic nitrogens is 4. The van der Waals surface area contributed by atoms with Crippen molar-refractivity contribution in [2.75, 3.05) is 30.7 Å². The molecule has 18 heavy (non-hydrogen) atoms. The van der Waals surface area contributed by atoms with Gasteiger partial charge in [-0.25, -0.2) is 9.97 Å². The topological polar surface area (TPSA) is 57.7 Å². The summed E-state index contributed by atoms with van der Waals surface area (Å²) < 4.78 is 0. The smallest absolute Gasteiger partial charge is 0.191 e. The van der Waals surface area contributed by atoms with Crippen molar-refractivity contribution in [3.63, 3.8) is 0 Å². The first-order valence-corrected chi connectivity index (χ1v) is 9.13. The molecule has 0 saturated heterocycles. The summed E-state index contributed by atoms with van der Waals surface area (Å²) >= 11 is 1.55. The number of hydrogen-bond acceptors (Lipinski definition) is 5. The van der Waals surface area contributed by atoms with Crippen LogP contribution in [0.2, 0.25) is 0 Å². The van der Waals surface area contributed by atoms with Gasteiger partial charge in [0.05, 0.1) is 24.0 Å². The van der Waals surface area contributed by atoms with Gasteiger partial charge in [-0.2, -0.15) is 5.10 Å². The van der Waals surface area contributed by atoms with Gasteiger partial charge in [-0.1, -0.05) is 11.8 Å². The maximum Gasteiger partial charge on any atom is 0.191 e. The Bertz CT molecular complexity index is 623. The third kappa shape index (κ3) is 1.89. The zero-order valence-electron chi connectivity index (χ0n) is 10.5. The lowest BCUT2D eigenvalue weighted by Gasteiger charge is -2.24. The maximum atomic E-state index is 4.66. The molecule has 0 spiro atoms. The monoisotopic (exact) mass is 280 g/mol. The summed E-state index contributed by atoms with van der Waals surface area (Å²) in [5, 5.41) is 9.25. The van der Waals surface area contributed by atoms with Gasteiger partial charge >= 0.3 is 0 Å². The van der Waals surface area contributed by atoms with Gasteiger partial charge in [0, 0.05) is 13.0 Å². The van der Waals surface area contributed by atoms with Crippen LogP contribution < -0.4 is 4.90 Å². The Morgan fingerprint density at radius 1 is 1.50 bits per heavy atom. The molecule has 3 heterocycles. The van der Waals surface area contributed by atoms with Gasteiger partial charge in [0.25, 0.3) is 0 Å². The highest BCUT2D eigenvalue weighted by Crippen LogP contribution is 2.33. The Hall–Kier alpha value is -1.13. The fraction of sp³-hybridized carbons (Fsp3) is 0.455. The predicted molar refractivity (Wildman–Crippen MR) is 79.3 cm³/mol. The summed E-state index contributed by atoms with van der Waals surface area (Å²) in [7, 11) is -0.217. The Labute approximate surface area is 111 Å². The summed E-state index contributed by atoms with van der Waals surface area (Å²) in [6, 6.07) is 0. The molecule has 1 aliphatic rings. The number of nitrogens with zero attached hydrogens (tertiary/aromatic N) is 4. The Morgan fingerprint density at radius 2 is 2.33 bits per heavy atom. The number of anilines is 1. The molecule has 7 heteroatoms. The van der Waals surface area contributed by atoms with E-state index in [0.717, 1.165) is 47.0 Å². The fourth-order valence-electron chi connectivity index (χ4n) is 2.23. The maximum absolute atomic E-state index is 4.66. The molecule has 1 atom stereocenters. The van der Waals surface area contributed by atoms with Gasteiger partial charge < -0.3 is 4.90 Å². The molecule has 0 bridgehead atoms. The lowest BCUT2D eigenvalue weighted by molar-refractivity contribution is 0.800. The summed E-state index contributed by atoms with van der Waals surface area (Å²) in [6.07, 6.45) is 8.09. The van der Waals surface area contributed by atoms with Crippen LogP contribution in [0, 0.1) is 0 Å². The van der Waals surface area contributed by atoms with Gasteiger partial charge in [-0.15, -0.1) is 0 Å². The van der Waals surface area contributed by atoms with Gasteiger partial charge in [0.15, 0.2) is 17.1 Å². The van der Waals surface area contributed by atoms with E-state index in [1.54, 1.807) is 11.8 Å². The van der Waals surface area contributed by atoms with Crippen molar-refractivity contribution in [1.82, 2.24) is 20.2 Å². The first-order chi connectivity index (χ1) is 8.69. The molecule has 0 aliphatic carbocycles. The van der Waals surface area contributed by atoms with Crippen LogP contribution in [0.5, 0.6) is 0 Å². The van der Waals surface area contributed by atoms with E-state index in [1.165, 1.54) is 0 Å². The largest absolute Gasteiger partial charge is 0.317 e. The van der Waals surface area contributed by atoms with Crippen LogP contribution in [0.15, 0.2) is 5.16 Å². The van der Waals surface area contributed by atoms with Crippen molar-refractivity contribution in [2.45, 2.75) is 11.6 Å². The molecule has 5 nitrogen and oxygen atoms in total. The Balaban J connectivity index is 2.17. The first kappa shape index (κ1) is 11.9. The number of nitrogens with one attached hydrogen (secondary N) is 1. The molecular formula is C11H15N5PS+. The number of thioether (sulfide) groups is 1. The number of hydrogen-bond donors (Lipinski definition) is 1. The Morgan fingerprint density at radius 3 is 3.06 bits per heavy atom. The van der Waals surface area contributed by atoms with E-state index in [1.807, 2.05) is 6.26 Å². The van der Waals surface area contributed by atoms with E-state index < -0.39 is 0 Å². The van der Waals surface area contributed by atoms with E-state index >= 15 is 0 Å². The molecule has 1 unspecified atom stereocenters. The second-order valence-corrected chi connectivity index (χ2v) is 7.21. The highest BCUT2D eigenvalue weighted by molar-refractivity contribution is 7.98. The SMILES string of the molecule is C=[P+](C)CN1CCc2[nH]nc3nc(SC)nc1c23. The first-order valence-electron chi connectivity index (χ1n) is 5.74. The van der Waals surface area contributed by atoms with Crippen LogP contribution in [0.4, 0.5) is 5.82 Å². The van der Waals surface area contributed by atoms with Crippen molar-refractivity contribution < 1.29 is 0 Å². The predicted octanol–water partition coefficient (Wildman–Crippen LogP) is 1.94. The van der Waals surface area contributed by atoms with Crippen LogP contribution in [0.25, 0.3) is 11.0 Å². The summed E-state index contributed by atoms with van der Waals surface area (Å²) in [5.41, 5.74) is 1.95. The lowest BCUT2D eigenvalue weighted by Crippen LogP contribution is -2.29. The number of rotatable bonds is 3. The molecule has 0 radical (unpaired) electrons. The summed E-state index contributed by atoms with van der Waals surface area (Å²) in [5.74, 6) is 1.03. The second-order valence-electron chi connectivity index (χ2n) is 4.45. The molecular weight excluding hydrogens is 265 g/mol. The minimum absolute atomic E-state index is 0.217. The molecule has 94 valence electrons. The summed E-state index contributed by atoms with van der Waals surface area (Å²) in [6.45, 7) is 3.17. The number of aromatic amines is 1. The van der Waals surface area contributed by atoms with E-state index in [4.69, 9.17) is 0 Å². The third-order valence-corrected chi connectivity index (χ3v) is 4.35. The highest BCUT2D eigenvalue weighted by atomic mass is 32.2. The summed E-state index contributed by atoms with van der Waals surface area (Å²) in [4.78, 5) is 11.4. The molecule has 1 N–H and O–H groups in total. The zero-order chi connectivity index (χ0) is 12.7. The van der Waals surface area contributed by atoms with Gasteiger partial charge in [0.1, 0.15) is 13.4 Å². The van der Waals surface area contributed by atoms with Crippen molar-refractivity contribution >= 4 is 42.5 Å².